The van der Waals surface area contributed by atoms with Crippen LogP contribution in [-0.2, 0) is 11.8 Å². The smallest absolute Gasteiger partial charge is 0.429 e. The summed E-state index contributed by atoms with van der Waals surface area (Å²) in [6, 6.07) is 9.63. The Hall–Kier alpha value is -3.97. The number of hydrogen-bond donors (Lipinski definition) is 3. The number of rotatable bonds is 12. The molecule has 0 aliphatic carbocycles. The van der Waals surface area contributed by atoms with Gasteiger partial charge in [-0.25, -0.2) is 0 Å². The number of aliphatic hydroxyl groups is 3. The van der Waals surface area contributed by atoms with E-state index >= 15 is 0 Å². The van der Waals surface area contributed by atoms with Gasteiger partial charge in [-0.3, -0.25) is 0 Å². The summed E-state index contributed by atoms with van der Waals surface area (Å²) in [5.41, 5.74) is -17.0. The third-order valence-electron chi connectivity index (χ3n) is 7.36. The first-order chi connectivity index (χ1) is 24.7. The fourth-order valence-electron chi connectivity index (χ4n) is 4.05. The first-order valence-corrected chi connectivity index (χ1v) is 15.1. The Morgan fingerprint density at radius 2 is 0.818 bits per heavy atom. The monoisotopic (exact) mass is 851 g/mol. The molecule has 55 heavy (non-hydrogen) atoms. The summed E-state index contributed by atoms with van der Waals surface area (Å²) in [5, 5.41) is 28.2. The molecular formula is C30H21F18O6S+. The lowest BCUT2D eigenvalue weighted by Gasteiger charge is -2.32. The highest BCUT2D eigenvalue weighted by Crippen LogP contribution is 2.47. The van der Waals surface area contributed by atoms with Crippen LogP contribution in [0.2, 0.25) is 0 Å². The molecule has 0 heterocycles. The number of hydrogen-bond acceptors (Lipinski definition) is 6. The van der Waals surface area contributed by atoms with Crippen LogP contribution in [0.15, 0.2) is 76.5 Å². The molecule has 0 atom stereocenters. The van der Waals surface area contributed by atoms with E-state index in [4.69, 9.17) is 4.74 Å². The van der Waals surface area contributed by atoms with Crippen LogP contribution in [0, 0.1) is 0 Å². The molecule has 3 rings (SSSR count). The van der Waals surface area contributed by atoms with Crippen LogP contribution in [0.5, 0.6) is 17.2 Å². The largest absolute Gasteiger partial charge is 0.490 e. The van der Waals surface area contributed by atoms with Gasteiger partial charge in [-0.1, -0.05) is 24.3 Å². The summed E-state index contributed by atoms with van der Waals surface area (Å²) >= 11 is -0.209. The summed E-state index contributed by atoms with van der Waals surface area (Å²) in [6.45, 7) is -7.36. The van der Waals surface area contributed by atoms with Crippen molar-refractivity contribution in [3.63, 3.8) is 0 Å². The number of benzene rings is 3. The first kappa shape index (κ1) is 45.4. The molecule has 0 saturated carbocycles. The van der Waals surface area contributed by atoms with Crippen molar-refractivity contribution in [3.8, 4) is 28.4 Å². The van der Waals surface area contributed by atoms with E-state index < -0.39 is 96.5 Å². The lowest BCUT2D eigenvalue weighted by molar-refractivity contribution is -0.374. The molecule has 3 aromatic carbocycles. The van der Waals surface area contributed by atoms with Crippen molar-refractivity contribution < 1.29 is 109 Å². The van der Waals surface area contributed by atoms with Crippen molar-refractivity contribution >= 4 is 11.8 Å². The summed E-state index contributed by atoms with van der Waals surface area (Å²) in [7, 11) is 0. The van der Waals surface area contributed by atoms with E-state index in [1.807, 2.05) is 0 Å². The zero-order chi connectivity index (χ0) is 42.3. The molecule has 0 spiro atoms. The lowest BCUT2D eigenvalue weighted by Crippen LogP contribution is -2.60. The molecule has 308 valence electrons. The molecule has 3 N–H and O–H groups in total. The van der Waals surface area contributed by atoms with Gasteiger partial charge in [0.15, 0.2) is 9.79 Å². The van der Waals surface area contributed by atoms with E-state index in [1.54, 1.807) is 0 Å². The fraction of sp³-hybridized carbons (Fsp3) is 0.400. The Morgan fingerprint density at radius 3 is 1.24 bits per heavy atom. The SMILES string of the molecule is OC(COc1ccc(-c2c(OCC(O)(C(F)(F)F)C(F)(F)F)cccc2[SH+]c2cccc(OCC(O)(C(F)(F)F)C(F)(F)F)c2)cc1)(C(F)(F)F)C(F)(F)F. The van der Waals surface area contributed by atoms with Crippen LogP contribution in [0.1, 0.15) is 0 Å². The summed E-state index contributed by atoms with van der Waals surface area (Å²) < 4.78 is 251. The minimum Gasteiger partial charge on any atom is -0.490 e. The molecule has 6 nitrogen and oxygen atoms in total. The second kappa shape index (κ2) is 15.2. The zero-order valence-electron chi connectivity index (χ0n) is 26.3. The Bertz CT molecular complexity index is 1720. The molecule has 0 bridgehead atoms. The molecule has 0 amide bonds. The molecule has 0 aromatic heterocycles. The van der Waals surface area contributed by atoms with E-state index in [0.29, 0.717) is 12.1 Å². The van der Waals surface area contributed by atoms with Crippen molar-refractivity contribution in [2.45, 2.75) is 63.7 Å². The number of ether oxygens (including phenoxy) is 3. The number of thiol groups is 1. The molecule has 0 saturated heterocycles. The molecule has 3 aromatic rings. The summed E-state index contributed by atoms with van der Waals surface area (Å²) in [5.74, 6) is -2.38. The molecular weight excluding hydrogens is 830 g/mol. The summed E-state index contributed by atoms with van der Waals surface area (Å²) in [6.07, 6.45) is -37.9. The van der Waals surface area contributed by atoms with Gasteiger partial charge in [0.1, 0.15) is 37.1 Å². The van der Waals surface area contributed by atoms with Crippen LogP contribution < -0.4 is 14.2 Å². The first-order valence-electron chi connectivity index (χ1n) is 14.2. The second-order valence-electron chi connectivity index (χ2n) is 11.2. The van der Waals surface area contributed by atoms with Gasteiger partial charge in [0.2, 0.25) is 0 Å². The highest BCUT2D eigenvalue weighted by molar-refractivity contribution is 7.78. The van der Waals surface area contributed by atoms with Crippen LogP contribution in [0.3, 0.4) is 0 Å². The highest BCUT2D eigenvalue weighted by Gasteiger charge is 2.73. The quantitative estimate of drug-likeness (QED) is 0.0967. The Balaban J connectivity index is 2.07. The highest BCUT2D eigenvalue weighted by atomic mass is 32.2. The fourth-order valence-corrected chi connectivity index (χ4v) is 5.20. The van der Waals surface area contributed by atoms with Crippen LogP contribution in [-0.4, -0.2) is 89.0 Å². The molecule has 25 heteroatoms. The van der Waals surface area contributed by atoms with Gasteiger partial charge in [0.25, 0.3) is 16.8 Å². The average Bonchev–Trinajstić information content (AvgIpc) is 3.02. The maximum absolute atomic E-state index is 13.4. The van der Waals surface area contributed by atoms with E-state index in [-0.39, 0.29) is 27.1 Å². The molecule has 0 radical (unpaired) electrons. The van der Waals surface area contributed by atoms with E-state index in [9.17, 15) is 94.3 Å². The third-order valence-corrected chi connectivity index (χ3v) is 8.51. The molecule has 0 aliphatic rings. The van der Waals surface area contributed by atoms with E-state index in [1.165, 1.54) is 0 Å². The normalized spacial score (nSPS) is 14.2. The number of alkyl halides is 18. The van der Waals surface area contributed by atoms with Crippen molar-refractivity contribution in [3.05, 3.63) is 66.7 Å². The standard InChI is InChI=1S/C30H20F18O6S/c31-25(32,33)22(49,26(34,35)36)12-52-16-9-7-15(8-10-16)21-19(54-14-24(51,29(43,44)45)30(46,47)48)5-2-6-20(21)55-18-4-1-3-17(11-18)53-13-23(50,27(37,38)39)28(40,41)42/h1-11,49-51H,12-14H2/p+1. The second-order valence-corrected chi connectivity index (χ2v) is 12.4. The third kappa shape index (κ3) is 9.53. The van der Waals surface area contributed by atoms with Crippen LogP contribution in [0.4, 0.5) is 79.0 Å². The Kier molecular flexibility index (Phi) is 12.5. The zero-order valence-corrected chi connectivity index (χ0v) is 27.2. The van der Waals surface area contributed by atoms with Crippen molar-refractivity contribution in [1.29, 1.82) is 0 Å². The Morgan fingerprint density at radius 1 is 0.436 bits per heavy atom. The van der Waals surface area contributed by atoms with Gasteiger partial charge in [0.05, 0.1) is 5.56 Å². The van der Waals surface area contributed by atoms with Crippen molar-refractivity contribution in [2.75, 3.05) is 19.8 Å². The van der Waals surface area contributed by atoms with Crippen molar-refractivity contribution in [1.82, 2.24) is 0 Å². The number of halogens is 18. The maximum Gasteiger partial charge on any atom is 0.429 e. The maximum atomic E-state index is 13.4. The minimum absolute atomic E-state index is 0.112. The van der Waals surface area contributed by atoms with Crippen LogP contribution >= 0.6 is 0 Å². The predicted octanol–water partition coefficient (Wildman–Crippen LogP) is 8.29. The predicted molar refractivity (Wildman–Crippen MR) is 151 cm³/mol. The molecule has 0 fully saturated rings. The van der Waals surface area contributed by atoms with Gasteiger partial charge in [-0.2, -0.15) is 79.0 Å². The lowest BCUT2D eigenvalue weighted by atomic mass is 10.0. The summed E-state index contributed by atoms with van der Waals surface area (Å²) in [4.78, 5) is -0.310. The van der Waals surface area contributed by atoms with E-state index in [2.05, 4.69) is 9.47 Å². The van der Waals surface area contributed by atoms with E-state index in [0.717, 1.165) is 54.6 Å². The van der Waals surface area contributed by atoms with Gasteiger partial charge in [-0.15, -0.1) is 0 Å². The van der Waals surface area contributed by atoms with Gasteiger partial charge in [-0.05, 0) is 42.0 Å². The Labute approximate surface area is 299 Å². The van der Waals surface area contributed by atoms with Crippen molar-refractivity contribution in [2.24, 2.45) is 0 Å². The molecule has 0 aliphatic heterocycles. The average molecular weight is 852 g/mol. The van der Waals surface area contributed by atoms with Gasteiger partial charge >= 0.3 is 37.1 Å². The topological polar surface area (TPSA) is 88.4 Å². The van der Waals surface area contributed by atoms with Crippen LogP contribution in [0.25, 0.3) is 11.1 Å². The molecule has 0 unspecified atom stereocenters. The van der Waals surface area contributed by atoms with Gasteiger partial charge < -0.3 is 29.5 Å². The van der Waals surface area contributed by atoms with Gasteiger partial charge in [0, 0.05) is 17.8 Å². The minimum atomic E-state index is -6.38.